The third-order valence-corrected chi connectivity index (χ3v) is 7.93. The largest absolute Gasteiger partial charge is 0.495 e. The lowest BCUT2D eigenvalue weighted by Crippen LogP contribution is -2.40. The van der Waals surface area contributed by atoms with Crippen LogP contribution in [0, 0.1) is 0 Å². The summed E-state index contributed by atoms with van der Waals surface area (Å²) in [5, 5.41) is 8.61. The first-order valence-electron chi connectivity index (χ1n) is 11.5. The quantitative estimate of drug-likeness (QED) is 0.410. The molecule has 36 heavy (non-hydrogen) atoms. The van der Waals surface area contributed by atoms with E-state index in [4.69, 9.17) is 25.5 Å². The van der Waals surface area contributed by atoms with Gasteiger partial charge >= 0.3 is 0 Å². The van der Waals surface area contributed by atoms with Crippen molar-refractivity contribution < 1.29 is 27.1 Å². The minimum atomic E-state index is -3.88. The van der Waals surface area contributed by atoms with E-state index in [2.05, 4.69) is 10.2 Å². The molecule has 0 atom stereocenters. The normalized spacial score (nSPS) is 14.5. The minimum absolute atomic E-state index is 0.0572. The van der Waals surface area contributed by atoms with Gasteiger partial charge in [0.2, 0.25) is 21.8 Å². The molecule has 0 saturated carbocycles. The van der Waals surface area contributed by atoms with Crippen LogP contribution in [-0.4, -0.2) is 73.7 Å². The molecule has 10 nitrogen and oxygen atoms in total. The number of amides is 1. The Hall–Kier alpha value is -2.99. The van der Waals surface area contributed by atoms with Gasteiger partial charge in [0.25, 0.3) is 5.91 Å². The van der Waals surface area contributed by atoms with Crippen LogP contribution in [0.5, 0.6) is 5.75 Å². The number of nitrogens with zero attached hydrogens (tertiary/aromatic N) is 4. The Labute approximate surface area is 214 Å². The molecule has 0 aliphatic carbocycles. The zero-order chi connectivity index (χ0) is 25.7. The van der Waals surface area contributed by atoms with Crippen molar-refractivity contribution in [3.05, 3.63) is 58.9 Å². The number of morpholine rings is 1. The molecule has 12 heteroatoms. The highest BCUT2D eigenvalue weighted by molar-refractivity contribution is 7.89. The van der Waals surface area contributed by atoms with Crippen LogP contribution in [0.2, 0.25) is 5.02 Å². The van der Waals surface area contributed by atoms with Crippen molar-refractivity contribution >= 4 is 27.5 Å². The first-order chi connectivity index (χ1) is 17.3. The Morgan fingerprint density at radius 2 is 1.92 bits per heavy atom. The molecule has 0 bridgehead atoms. The predicted molar refractivity (Wildman–Crippen MR) is 132 cm³/mol. The molecule has 192 valence electrons. The molecule has 2 heterocycles. The SMILES string of the molecule is CCCN(Cc1nnc(-c2ccccc2Cl)o1)C(=O)c1ccc(OC)c(S(=O)(=O)N2CCOCC2)c1. The fourth-order valence-electron chi connectivity index (χ4n) is 3.87. The van der Waals surface area contributed by atoms with Crippen LogP contribution in [0.4, 0.5) is 0 Å². The molecular weight excluding hydrogens is 508 g/mol. The lowest BCUT2D eigenvalue weighted by atomic mass is 10.2. The topological polar surface area (TPSA) is 115 Å². The van der Waals surface area contributed by atoms with E-state index >= 15 is 0 Å². The average Bonchev–Trinajstić information content (AvgIpc) is 3.36. The second-order valence-corrected chi connectivity index (χ2v) is 10.4. The van der Waals surface area contributed by atoms with Crippen LogP contribution >= 0.6 is 11.6 Å². The van der Waals surface area contributed by atoms with Gasteiger partial charge in [-0.1, -0.05) is 30.7 Å². The zero-order valence-electron chi connectivity index (χ0n) is 20.0. The highest BCUT2D eigenvalue weighted by Crippen LogP contribution is 2.30. The summed E-state index contributed by atoms with van der Waals surface area (Å²) in [6.45, 7) is 3.48. The lowest BCUT2D eigenvalue weighted by molar-refractivity contribution is 0.0724. The van der Waals surface area contributed by atoms with Crippen molar-refractivity contribution in [3.63, 3.8) is 0 Å². The summed E-state index contributed by atoms with van der Waals surface area (Å²) >= 11 is 6.22. The summed E-state index contributed by atoms with van der Waals surface area (Å²) in [4.78, 5) is 14.9. The van der Waals surface area contributed by atoms with Crippen LogP contribution < -0.4 is 4.74 Å². The molecule has 0 N–H and O–H groups in total. The van der Waals surface area contributed by atoms with Gasteiger partial charge in [-0.15, -0.1) is 10.2 Å². The highest BCUT2D eigenvalue weighted by Gasteiger charge is 2.31. The van der Waals surface area contributed by atoms with E-state index in [1.54, 1.807) is 24.3 Å². The number of carbonyl (C=O) groups is 1. The van der Waals surface area contributed by atoms with Crippen molar-refractivity contribution in [1.82, 2.24) is 19.4 Å². The van der Waals surface area contributed by atoms with E-state index in [0.29, 0.717) is 36.8 Å². The standard InChI is InChI=1S/C24H27ClN4O6S/c1-3-10-28(16-22-26-27-23(35-22)18-6-4-5-7-19(18)25)24(30)17-8-9-20(33-2)21(15-17)36(31,32)29-11-13-34-14-12-29/h4-9,15H,3,10-14,16H2,1-2H3. The minimum Gasteiger partial charge on any atom is -0.495 e. The fourth-order valence-corrected chi connectivity index (χ4v) is 5.67. The summed E-state index contributed by atoms with van der Waals surface area (Å²) in [5.74, 6) is 0.293. The summed E-state index contributed by atoms with van der Waals surface area (Å²) in [6.07, 6.45) is 0.673. The Morgan fingerprint density at radius 1 is 1.17 bits per heavy atom. The van der Waals surface area contributed by atoms with Gasteiger partial charge in [-0.25, -0.2) is 8.42 Å². The van der Waals surface area contributed by atoms with Crippen LogP contribution in [0.15, 0.2) is 51.8 Å². The van der Waals surface area contributed by atoms with Gasteiger partial charge in [0, 0.05) is 25.2 Å². The number of halogens is 1. The highest BCUT2D eigenvalue weighted by atomic mass is 35.5. The molecule has 0 unspecified atom stereocenters. The number of benzene rings is 2. The molecule has 1 saturated heterocycles. The Balaban J connectivity index is 1.60. The van der Waals surface area contributed by atoms with Gasteiger partial charge < -0.3 is 18.8 Å². The van der Waals surface area contributed by atoms with Gasteiger partial charge in [0.1, 0.15) is 10.6 Å². The summed E-state index contributed by atoms with van der Waals surface area (Å²) in [5.41, 5.74) is 0.807. The third-order valence-electron chi connectivity index (χ3n) is 5.68. The van der Waals surface area contributed by atoms with Crippen molar-refractivity contribution in [2.24, 2.45) is 0 Å². The number of ether oxygens (including phenoxy) is 2. The van der Waals surface area contributed by atoms with E-state index in [0.717, 1.165) is 0 Å². The van der Waals surface area contributed by atoms with Gasteiger partial charge in [0.15, 0.2) is 0 Å². The Bertz CT molecular complexity index is 1320. The van der Waals surface area contributed by atoms with E-state index in [9.17, 15) is 13.2 Å². The first-order valence-corrected chi connectivity index (χ1v) is 13.3. The number of rotatable bonds is 9. The van der Waals surface area contributed by atoms with Crippen LogP contribution in [0.3, 0.4) is 0 Å². The van der Waals surface area contributed by atoms with Gasteiger partial charge in [-0.3, -0.25) is 4.79 Å². The molecule has 4 rings (SSSR count). The van der Waals surface area contributed by atoms with Crippen molar-refractivity contribution in [2.45, 2.75) is 24.8 Å². The molecule has 2 aromatic carbocycles. The number of hydrogen-bond donors (Lipinski definition) is 0. The summed E-state index contributed by atoms with van der Waals surface area (Å²) < 4.78 is 44.3. The smallest absolute Gasteiger partial charge is 0.254 e. The van der Waals surface area contributed by atoms with E-state index in [1.807, 2.05) is 13.0 Å². The molecule has 3 aromatic rings. The maximum atomic E-state index is 13.5. The number of hydrogen-bond acceptors (Lipinski definition) is 8. The van der Waals surface area contributed by atoms with Crippen molar-refractivity contribution in [2.75, 3.05) is 40.0 Å². The monoisotopic (exact) mass is 534 g/mol. The second-order valence-electron chi connectivity index (χ2n) is 8.09. The van der Waals surface area contributed by atoms with E-state index < -0.39 is 10.0 Å². The van der Waals surface area contributed by atoms with Crippen LogP contribution in [0.25, 0.3) is 11.5 Å². The number of sulfonamides is 1. The van der Waals surface area contributed by atoms with Crippen molar-refractivity contribution in [1.29, 1.82) is 0 Å². The predicted octanol–water partition coefficient (Wildman–Crippen LogP) is 3.47. The third kappa shape index (κ3) is 5.54. The van der Waals surface area contributed by atoms with E-state index in [-0.39, 0.29) is 53.5 Å². The summed E-state index contributed by atoms with van der Waals surface area (Å²) in [7, 11) is -2.49. The molecule has 1 fully saturated rings. The molecule has 1 aromatic heterocycles. The second kappa shape index (κ2) is 11.4. The maximum Gasteiger partial charge on any atom is 0.254 e. The molecular formula is C24H27ClN4O6S. The molecule has 0 radical (unpaired) electrons. The lowest BCUT2D eigenvalue weighted by Gasteiger charge is -2.27. The van der Waals surface area contributed by atoms with Gasteiger partial charge in [-0.2, -0.15) is 4.31 Å². The molecule has 1 amide bonds. The average molecular weight is 535 g/mol. The zero-order valence-corrected chi connectivity index (χ0v) is 21.6. The van der Waals surface area contributed by atoms with Crippen LogP contribution in [-0.2, 0) is 21.3 Å². The van der Waals surface area contributed by atoms with Gasteiger partial charge in [0.05, 0.1) is 37.5 Å². The number of methoxy groups -OCH3 is 1. The number of carbonyl (C=O) groups excluding carboxylic acids is 1. The molecule has 0 spiro atoms. The molecule has 1 aliphatic rings. The summed E-state index contributed by atoms with van der Waals surface area (Å²) in [6, 6.07) is 11.5. The Kier molecular flexibility index (Phi) is 8.24. The van der Waals surface area contributed by atoms with Crippen LogP contribution in [0.1, 0.15) is 29.6 Å². The van der Waals surface area contributed by atoms with Crippen molar-refractivity contribution in [3.8, 4) is 17.2 Å². The first kappa shape index (κ1) is 26.1. The Morgan fingerprint density at radius 3 is 2.61 bits per heavy atom. The maximum absolute atomic E-state index is 13.5. The number of aromatic nitrogens is 2. The fraction of sp³-hybridized carbons (Fsp3) is 0.375. The van der Waals surface area contributed by atoms with Gasteiger partial charge in [-0.05, 0) is 36.8 Å². The molecule has 1 aliphatic heterocycles. The van der Waals surface area contributed by atoms with E-state index in [1.165, 1.54) is 28.4 Å².